The van der Waals surface area contributed by atoms with Gasteiger partial charge in [0.25, 0.3) is 0 Å². The molecule has 74 valence electrons. The number of fused-ring (bicyclic) bond motifs is 1. The van der Waals surface area contributed by atoms with Crippen LogP contribution in [0.2, 0.25) is 5.02 Å². The van der Waals surface area contributed by atoms with Gasteiger partial charge in [-0.2, -0.15) is 0 Å². The van der Waals surface area contributed by atoms with Crippen LogP contribution in [0.15, 0.2) is 12.1 Å². The minimum atomic E-state index is -0.00258. The van der Waals surface area contributed by atoms with E-state index in [0.717, 1.165) is 16.8 Å². The van der Waals surface area contributed by atoms with Crippen LogP contribution < -0.4 is 5.32 Å². The average molecular weight is 212 g/mol. The number of halogens is 1. The van der Waals surface area contributed by atoms with Gasteiger partial charge in [-0.15, -0.1) is 0 Å². The number of hydrogen-bond acceptors (Lipinski definition) is 2. The minimum absolute atomic E-state index is 0.00258. The highest BCUT2D eigenvalue weighted by Crippen LogP contribution is 2.29. The maximum Gasteiger partial charge on any atom is 0.228 e. The van der Waals surface area contributed by atoms with Crippen molar-refractivity contribution in [2.45, 2.75) is 12.8 Å². The summed E-state index contributed by atoms with van der Waals surface area (Å²) in [4.78, 5) is 11.1. The van der Waals surface area contributed by atoms with Crippen LogP contribution in [-0.2, 0) is 17.6 Å². The third-order valence-electron chi connectivity index (χ3n) is 2.28. The van der Waals surface area contributed by atoms with Crippen LogP contribution in [-0.4, -0.2) is 17.6 Å². The second kappa shape index (κ2) is 3.59. The molecular formula is C10H10ClNO2. The number of aliphatic hydroxyl groups is 1. The molecule has 0 aromatic heterocycles. The molecular weight excluding hydrogens is 202 g/mol. The van der Waals surface area contributed by atoms with E-state index in [9.17, 15) is 4.79 Å². The molecule has 1 aromatic carbocycles. The molecule has 0 spiro atoms. The van der Waals surface area contributed by atoms with Crippen molar-refractivity contribution in [3.05, 3.63) is 28.3 Å². The molecule has 2 N–H and O–H groups in total. The van der Waals surface area contributed by atoms with Gasteiger partial charge in [-0.25, -0.2) is 0 Å². The Bertz CT molecular complexity index is 390. The zero-order chi connectivity index (χ0) is 10.1. The Balaban J connectivity index is 2.39. The number of rotatable bonds is 2. The van der Waals surface area contributed by atoms with E-state index in [1.807, 2.05) is 6.07 Å². The van der Waals surface area contributed by atoms with Crippen molar-refractivity contribution in [3.8, 4) is 0 Å². The molecule has 0 atom stereocenters. The lowest BCUT2D eigenvalue weighted by molar-refractivity contribution is -0.115. The standard InChI is InChI=1S/C10H10ClNO2/c11-8-5-9-7(4-10(14)12-9)3-6(8)1-2-13/h3,5,13H,1-2,4H2,(H,12,14). The monoisotopic (exact) mass is 211 g/mol. The average Bonchev–Trinajstić information content (AvgIpc) is 2.45. The van der Waals surface area contributed by atoms with Gasteiger partial charge in [0.05, 0.1) is 6.42 Å². The van der Waals surface area contributed by atoms with Gasteiger partial charge in [-0.3, -0.25) is 4.79 Å². The highest BCUT2D eigenvalue weighted by Gasteiger charge is 2.19. The Morgan fingerprint density at radius 3 is 3.00 bits per heavy atom. The number of hydrogen-bond donors (Lipinski definition) is 2. The van der Waals surface area contributed by atoms with Crippen molar-refractivity contribution in [1.82, 2.24) is 0 Å². The highest BCUT2D eigenvalue weighted by atomic mass is 35.5. The van der Waals surface area contributed by atoms with E-state index >= 15 is 0 Å². The summed E-state index contributed by atoms with van der Waals surface area (Å²) in [5, 5.41) is 12.1. The third kappa shape index (κ3) is 1.61. The summed E-state index contributed by atoms with van der Waals surface area (Å²) in [5.41, 5.74) is 2.65. The van der Waals surface area contributed by atoms with Gasteiger partial charge in [0.15, 0.2) is 0 Å². The summed E-state index contributed by atoms with van der Waals surface area (Å²) in [5.74, 6) is -0.00258. The van der Waals surface area contributed by atoms with E-state index in [1.54, 1.807) is 6.07 Å². The number of benzene rings is 1. The van der Waals surface area contributed by atoms with Crippen molar-refractivity contribution in [2.24, 2.45) is 0 Å². The Hall–Kier alpha value is -1.06. The molecule has 1 aliphatic rings. The Morgan fingerprint density at radius 2 is 2.29 bits per heavy atom. The van der Waals surface area contributed by atoms with Crippen molar-refractivity contribution in [1.29, 1.82) is 0 Å². The smallest absolute Gasteiger partial charge is 0.228 e. The molecule has 0 bridgehead atoms. The second-order valence-electron chi connectivity index (χ2n) is 3.30. The van der Waals surface area contributed by atoms with Crippen LogP contribution in [0.3, 0.4) is 0 Å². The molecule has 14 heavy (non-hydrogen) atoms. The lowest BCUT2D eigenvalue weighted by atomic mass is 10.1. The van der Waals surface area contributed by atoms with E-state index in [0.29, 0.717) is 17.9 Å². The summed E-state index contributed by atoms with van der Waals surface area (Å²) in [6, 6.07) is 3.62. The predicted octanol–water partition coefficient (Wildman–Crippen LogP) is 1.37. The Kier molecular flexibility index (Phi) is 2.44. The van der Waals surface area contributed by atoms with Gasteiger partial charge in [0, 0.05) is 17.3 Å². The quantitative estimate of drug-likeness (QED) is 0.776. The summed E-state index contributed by atoms with van der Waals surface area (Å²) in [6.07, 6.45) is 0.936. The third-order valence-corrected chi connectivity index (χ3v) is 2.63. The number of carbonyl (C=O) groups excluding carboxylic acids is 1. The molecule has 1 heterocycles. The first-order valence-corrected chi connectivity index (χ1v) is 4.80. The zero-order valence-electron chi connectivity index (χ0n) is 7.51. The summed E-state index contributed by atoms with van der Waals surface area (Å²) < 4.78 is 0. The number of amides is 1. The van der Waals surface area contributed by atoms with Crippen LogP contribution in [0.5, 0.6) is 0 Å². The van der Waals surface area contributed by atoms with E-state index in [4.69, 9.17) is 16.7 Å². The van der Waals surface area contributed by atoms with Crippen LogP contribution in [0.4, 0.5) is 5.69 Å². The minimum Gasteiger partial charge on any atom is -0.396 e. The molecule has 0 radical (unpaired) electrons. The molecule has 1 aromatic rings. The van der Waals surface area contributed by atoms with Crippen molar-refractivity contribution in [2.75, 3.05) is 11.9 Å². The fourth-order valence-corrected chi connectivity index (χ4v) is 1.87. The molecule has 0 fully saturated rings. The molecule has 1 aliphatic heterocycles. The van der Waals surface area contributed by atoms with E-state index in [-0.39, 0.29) is 12.5 Å². The normalized spacial score (nSPS) is 14.0. The lowest BCUT2D eigenvalue weighted by Crippen LogP contribution is -2.03. The van der Waals surface area contributed by atoms with Crippen molar-refractivity contribution in [3.63, 3.8) is 0 Å². The van der Waals surface area contributed by atoms with E-state index in [2.05, 4.69) is 5.32 Å². The van der Waals surface area contributed by atoms with Gasteiger partial charge >= 0.3 is 0 Å². The summed E-state index contributed by atoms with van der Waals surface area (Å²) >= 11 is 5.97. The van der Waals surface area contributed by atoms with Gasteiger partial charge in [-0.1, -0.05) is 17.7 Å². The summed E-state index contributed by atoms with van der Waals surface area (Å²) in [7, 11) is 0. The lowest BCUT2D eigenvalue weighted by Gasteiger charge is -2.05. The van der Waals surface area contributed by atoms with Gasteiger partial charge in [0.1, 0.15) is 0 Å². The van der Waals surface area contributed by atoms with Gasteiger partial charge in [0.2, 0.25) is 5.91 Å². The van der Waals surface area contributed by atoms with Crippen molar-refractivity contribution >= 4 is 23.2 Å². The van der Waals surface area contributed by atoms with E-state index in [1.165, 1.54) is 0 Å². The fourth-order valence-electron chi connectivity index (χ4n) is 1.61. The topological polar surface area (TPSA) is 49.3 Å². The number of anilines is 1. The number of nitrogens with one attached hydrogen (secondary N) is 1. The first-order chi connectivity index (χ1) is 6.70. The van der Waals surface area contributed by atoms with Crippen LogP contribution in [0.25, 0.3) is 0 Å². The molecule has 0 aliphatic carbocycles. The molecule has 2 rings (SSSR count). The van der Waals surface area contributed by atoms with Gasteiger partial charge in [-0.05, 0) is 23.6 Å². The number of carbonyl (C=O) groups is 1. The molecule has 3 nitrogen and oxygen atoms in total. The molecule has 0 saturated heterocycles. The van der Waals surface area contributed by atoms with Crippen LogP contribution >= 0.6 is 11.6 Å². The van der Waals surface area contributed by atoms with Crippen LogP contribution in [0.1, 0.15) is 11.1 Å². The molecule has 0 saturated carbocycles. The fraction of sp³-hybridized carbons (Fsp3) is 0.300. The first kappa shape index (κ1) is 9.49. The predicted molar refractivity (Wildman–Crippen MR) is 54.6 cm³/mol. The Labute approximate surface area is 86.7 Å². The van der Waals surface area contributed by atoms with Crippen LogP contribution in [0, 0.1) is 0 Å². The maximum absolute atomic E-state index is 11.1. The largest absolute Gasteiger partial charge is 0.396 e. The molecule has 0 unspecified atom stereocenters. The van der Waals surface area contributed by atoms with Gasteiger partial charge < -0.3 is 10.4 Å². The second-order valence-corrected chi connectivity index (χ2v) is 3.71. The van der Waals surface area contributed by atoms with Crippen molar-refractivity contribution < 1.29 is 9.90 Å². The number of aliphatic hydroxyl groups excluding tert-OH is 1. The summed E-state index contributed by atoms with van der Waals surface area (Å²) in [6.45, 7) is 0.0693. The molecule has 1 amide bonds. The SMILES string of the molecule is O=C1Cc2cc(CCO)c(Cl)cc2N1. The van der Waals surface area contributed by atoms with E-state index < -0.39 is 0 Å². The Morgan fingerprint density at radius 1 is 1.50 bits per heavy atom. The maximum atomic E-state index is 11.1. The molecule has 4 heteroatoms. The zero-order valence-corrected chi connectivity index (χ0v) is 8.27. The highest BCUT2D eigenvalue weighted by molar-refractivity contribution is 6.31. The first-order valence-electron chi connectivity index (χ1n) is 4.42.